The topological polar surface area (TPSA) is 84.9 Å². The SMILES string of the molecule is COc1ccc(CNC(=O)COc2ccc(S(=O)(=O)N3CCCc4ccccc43)cc2)cc1. The summed E-state index contributed by atoms with van der Waals surface area (Å²) in [5, 5.41) is 2.79. The van der Waals surface area contributed by atoms with Gasteiger partial charge in [0.15, 0.2) is 6.61 Å². The number of aryl methyl sites for hydroxylation is 1. The number of methoxy groups -OCH3 is 1. The molecule has 0 radical (unpaired) electrons. The highest BCUT2D eigenvalue weighted by Gasteiger charge is 2.28. The van der Waals surface area contributed by atoms with Crippen LogP contribution in [0.15, 0.2) is 77.7 Å². The van der Waals surface area contributed by atoms with Crippen LogP contribution >= 0.6 is 0 Å². The molecule has 0 saturated carbocycles. The Morgan fingerprint density at radius 3 is 2.39 bits per heavy atom. The third-order valence-electron chi connectivity index (χ3n) is 5.50. The number of rotatable bonds is 8. The molecule has 3 aromatic carbocycles. The summed E-state index contributed by atoms with van der Waals surface area (Å²) in [5.41, 5.74) is 2.71. The zero-order chi connectivity index (χ0) is 23.3. The zero-order valence-electron chi connectivity index (χ0n) is 18.4. The molecule has 0 saturated heterocycles. The third kappa shape index (κ3) is 5.28. The second-order valence-corrected chi connectivity index (χ2v) is 9.56. The van der Waals surface area contributed by atoms with Crippen molar-refractivity contribution in [1.29, 1.82) is 0 Å². The van der Waals surface area contributed by atoms with Crippen molar-refractivity contribution in [2.45, 2.75) is 24.3 Å². The summed E-state index contributed by atoms with van der Waals surface area (Å²) < 4.78 is 38.5. The van der Waals surface area contributed by atoms with Crippen LogP contribution in [0.4, 0.5) is 5.69 Å². The standard InChI is InChI=1S/C25H26N2O5S/c1-31-21-10-8-19(9-11-21)17-26-25(28)18-32-22-12-14-23(15-13-22)33(29,30)27-16-4-6-20-5-2-3-7-24(20)27/h2-3,5,7-15H,4,6,16-18H2,1H3,(H,26,28). The van der Waals surface area contributed by atoms with E-state index in [1.165, 1.54) is 16.4 Å². The van der Waals surface area contributed by atoms with Crippen LogP contribution in [0.2, 0.25) is 0 Å². The molecule has 0 atom stereocenters. The van der Waals surface area contributed by atoms with Gasteiger partial charge in [-0.25, -0.2) is 8.42 Å². The molecule has 0 fully saturated rings. The molecule has 3 aromatic rings. The summed E-state index contributed by atoms with van der Waals surface area (Å²) in [6, 6.07) is 21.2. The van der Waals surface area contributed by atoms with Gasteiger partial charge in [-0.2, -0.15) is 0 Å². The second-order valence-electron chi connectivity index (χ2n) is 7.69. The summed E-state index contributed by atoms with van der Waals surface area (Å²) >= 11 is 0. The minimum atomic E-state index is -3.68. The first-order valence-corrected chi connectivity index (χ1v) is 12.1. The van der Waals surface area contributed by atoms with E-state index in [1.807, 2.05) is 48.5 Å². The number of sulfonamides is 1. The lowest BCUT2D eigenvalue weighted by Crippen LogP contribution is -2.35. The third-order valence-corrected chi connectivity index (χ3v) is 7.33. The number of hydrogen-bond acceptors (Lipinski definition) is 5. The molecule has 0 aromatic heterocycles. The van der Waals surface area contributed by atoms with Gasteiger partial charge in [0.2, 0.25) is 0 Å². The van der Waals surface area contributed by atoms with E-state index in [0.29, 0.717) is 18.8 Å². The first-order valence-electron chi connectivity index (χ1n) is 10.7. The highest BCUT2D eigenvalue weighted by atomic mass is 32.2. The number of nitrogens with one attached hydrogen (secondary N) is 1. The average molecular weight is 467 g/mol. The molecular formula is C25H26N2O5S. The van der Waals surface area contributed by atoms with Gasteiger partial charge in [-0.3, -0.25) is 9.10 Å². The lowest BCUT2D eigenvalue weighted by atomic mass is 10.0. The quantitative estimate of drug-likeness (QED) is 0.549. The van der Waals surface area contributed by atoms with E-state index in [2.05, 4.69) is 5.32 Å². The average Bonchev–Trinajstić information content (AvgIpc) is 2.86. The fraction of sp³-hybridized carbons (Fsp3) is 0.240. The van der Waals surface area contributed by atoms with Gasteiger partial charge in [0.25, 0.3) is 15.9 Å². The van der Waals surface area contributed by atoms with Crippen LogP contribution < -0.4 is 19.1 Å². The van der Waals surface area contributed by atoms with E-state index in [4.69, 9.17) is 9.47 Å². The molecule has 33 heavy (non-hydrogen) atoms. The predicted octanol–water partition coefficient (Wildman–Crippen LogP) is 3.53. The van der Waals surface area contributed by atoms with Crippen molar-refractivity contribution in [3.63, 3.8) is 0 Å². The Morgan fingerprint density at radius 2 is 1.67 bits per heavy atom. The number of carbonyl (C=O) groups is 1. The molecule has 0 bridgehead atoms. The Balaban J connectivity index is 1.34. The predicted molar refractivity (Wildman–Crippen MR) is 126 cm³/mol. The number of nitrogens with zero attached hydrogens (tertiary/aromatic N) is 1. The van der Waals surface area contributed by atoms with Gasteiger partial charge in [-0.1, -0.05) is 30.3 Å². The molecule has 8 heteroatoms. The van der Waals surface area contributed by atoms with Crippen molar-refractivity contribution in [2.24, 2.45) is 0 Å². The summed E-state index contributed by atoms with van der Waals surface area (Å²) in [5.74, 6) is 0.906. The zero-order valence-corrected chi connectivity index (χ0v) is 19.2. The lowest BCUT2D eigenvalue weighted by molar-refractivity contribution is -0.123. The number of anilines is 1. The number of para-hydroxylation sites is 1. The van der Waals surface area contributed by atoms with Crippen LogP contribution in [0.25, 0.3) is 0 Å². The lowest BCUT2D eigenvalue weighted by Gasteiger charge is -2.30. The Morgan fingerprint density at radius 1 is 0.970 bits per heavy atom. The number of hydrogen-bond donors (Lipinski definition) is 1. The van der Waals surface area contributed by atoms with E-state index < -0.39 is 10.0 Å². The Hall–Kier alpha value is -3.52. The van der Waals surface area contributed by atoms with Crippen LogP contribution in [0.3, 0.4) is 0 Å². The summed E-state index contributed by atoms with van der Waals surface area (Å²) in [7, 11) is -2.08. The Bertz CT molecular complexity index is 1210. The molecule has 0 spiro atoms. The normalized spacial score (nSPS) is 13.2. The smallest absolute Gasteiger partial charge is 0.264 e. The van der Waals surface area contributed by atoms with E-state index in [1.54, 1.807) is 19.2 Å². The molecule has 4 rings (SSSR count). The summed E-state index contributed by atoms with van der Waals surface area (Å²) in [6.07, 6.45) is 1.65. The number of amides is 1. The Labute approximate surface area is 194 Å². The van der Waals surface area contributed by atoms with Gasteiger partial charge >= 0.3 is 0 Å². The minimum absolute atomic E-state index is 0.165. The highest BCUT2D eigenvalue weighted by molar-refractivity contribution is 7.92. The van der Waals surface area contributed by atoms with Crippen LogP contribution in [-0.4, -0.2) is 34.6 Å². The summed E-state index contributed by atoms with van der Waals surface area (Å²) in [6.45, 7) is 0.661. The molecule has 1 aliphatic heterocycles. The van der Waals surface area contributed by atoms with Gasteiger partial charge in [0.05, 0.1) is 17.7 Å². The molecule has 1 amide bonds. The molecule has 1 heterocycles. The monoisotopic (exact) mass is 466 g/mol. The molecule has 0 aliphatic carbocycles. The van der Waals surface area contributed by atoms with Gasteiger partial charge < -0.3 is 14.8 Å². The fourth-order valence-electron chi connectivity index (χ4n) is 3.73. The first-order chi connectivity index (χ1) is 16.0. The van der Waals surface area contributed by atoms with E-state index >= 15 is 0 Å². The maximum atomic E-state index is 13.2. The number of carbonyl (C=O) groups excluding carboxylic acids is 1. The van der Waals surface area contributed by atoms with Crippen LogP contribution in [-0.2, 0) is 27.8 Å². The van der Waals surface area contributed by atoms with Crippen LogP contribution in [0.1, 0.15) is 17.5 Å². The fourth-order valence-corrected chi connectivity index (χ4v) is 5.27. The van der Waals surface area contributed by atoms with Crippen molar-refractivity contribution in [2.75, 3.05) is 24.6 Å². The molecule has 7 nitrogen and oxygen atoms in total. The van der Waals surface area contributed by atoms with Crippen LogP contribution in [0, 0.1) is 0 Å². The first kappa shape index (κ1) is 22.7. The molecule has 1 N–H and O–H groups in total. The van der Waals surface area contributed by atoms with Crippen molar-refractivity contribution in [1.82, 2.24) is 5.32 Å². The number of benzene rings is 3. The molecular weight excluding hydrogens is 440 g/mol. The van der Waals surface area contributed by atoms with Crippen LogP contribution in [0.5, 0.6) is 11.5 Å². The second kappa shape index (κ2) is 9.95. The maximum absolute atomic E-state index is 13.2. The molecule has 0 unspecified atom stereocenters. The Kier molecular flexibility index (Phi) is 6.84. The van der Waals surface area contributed by atoms with Crippen molar-refractivity contribution < 1.29 is 22.7 Å². The van der Waals surface area contributed by atoms with Crippen molar-refractivity contribution in [3.8, 4) is 11.5 Å². The molecule has 172 valence electrons. The van der Waals surface area contributed by atoms with Gasteiger partial charge in [0.1, 0.15) is 11.5 Å². The number of ether oxygens (including phenoxy) is 2. The van der Waals surface area contributed by atoms with E-state index in [-0.39, 0.29) is 17.4 Å². The summed E-state index contributed by atoms with van der Waals surface area (Å²) in [4.78, 5) is 12.3. The maximum Gasteiger partial charge on any atom is 0.264 e. The van der Waals surface area contributed by atoms with E-state index in [9.17, 15) is 13.2 Å². The van der Waals surface area contributed by atoms with E-state index in [0.717, 1.165) is 35.4 Å². The minimum Gasteiger partial charge on any atom is -0.497 e. The van der Waals surface area contributed by atoms with Gasteiger partial charge in [0, 0.05) is 13.1 Å². The largest absolute Gasteiger partial charge is 0.497 e. The number of fused-ring (bicyclic) bond motifs is 1. The highest BCUT2D eigenvalue weighted by Crippen LogP contribution is 2.32. The van der Waals surface area contributed by atoms with Crippen molar-refractivity contribution in [3.05, 3.63) is 83.9 Å². The molecule has 1 aliphatic rings. The van der Waals surface area contributed by atoms with Gasteiger partial charge in [-0.15, -0.1) is 0 Å². The van der Waals surface area contributed by atoms with Gasteiger partial charge in [-0.05, 0) is 66.4 Å². The van der Waals surface area contributed by atoms with Crippen molar-refractivity contribution >= 4 is 21.6 Å².